The maximum atomic E-state index is 14.0. The highest BCUT2D eigenvalue weighted by atomic mass is 16.6. The van der Waals surface area contributed by atoms with Crippen molar-refractivity contribution in [3.63, 3.8) is 0 Å². The molecule has 0 radical (unpaired) electrons. The van der Waals surface area contributed by atoms with Crippen LogP contribution in [0.4, 0.5) is 11.4 Å². The first-order chi connectivity index (χ1) is 17.1. The highest BCUT2D eigenvalue weighted by molar-refractivity contribution is 5.92. The van der Waals surface area contributed by atoms with Gasteiger partial charge in [0.2, 0.25) is 5.91 Å². The van der Waals surface area contributed by atoms with Crippen LogP contribution >= 0.6 is 0 Å². The molecule has 190 valence electrons. The number of nitrogens with one attached hydrogen (secondary N) is 1. The van der Waals surface area contributed by atoms with Crippen LogP contribution in [-0.4, -0.2) is 29.6 Å². The number of hydrogen-bond acceptors (Lipinski definition) is 4. The molecule has 0 saturated heterocycles. The van der Waals surface area contributed by atoms with Gasteiger partial charge in [0.25, 0.3) is 0 Å². The maximum Gasteiger partial charge on any atom is 0.329 e. The average molecular weight is 486 g/mol. The van der Waals surface area contributed by atoms with Gasteiger partial charge in [-0.3, -0.25) is 4.79 Å². The minimum Gasteiger partial charge on any atom is -0.458 e. The van der Waals surface area contributed by atoms with Gasteiger partial charge in [0.15, 0.2) is 0 Å². The Bertz CT molecular complexity index is 1050. The molecule has 0 unspecified atom stereocenters. The van der Waals surface area contributed by atoms with E-state index in [0.717, 1.165) is 16.9 Å². The van der Waals surface area contributed by atoms with Gasteiger partial charge in [-0.15, -0.1) is 0 Å². The van der Waals surface area contributed by atoms with Crippen LogP contribution in [0, 0.1) is 5.92 Å². The number of carbonyl (C=O) groups excluding carboxylic acids is 2. The number of anilines is 2. The molecule has 5 heteroatoms. The Hall–Kier alpha value is -3.60. The first-order valence-corrected chi connectivity index (χ1v) is 12.6. The molecule has 0 saturated carbocycles. The van der Waals surface area contributed by atoms with Gasteiger partial charge in [-0.1, -0.05) is 80.6 Å². The summed E-state index contributed by atoms with van der Waals surface area (Å²) >= 11 is 0. The number of esters is 1. The number of nitrogens with zero attached hydrogens (tertiary/aromatic N) is 1. The van der Waals surface area contributed by atoms with Crippen LogP contribution in [0.5, 0.6) is 0 Å². The monoisotopic (exact) mass is 485 g/mol. The zero-order chi connectivity index (χ0) is 26.1. The van der Waals surface area contributed by atoms with E-state index < -0.39 is 23.7 Å². The molecule has 1 N–H and O–H groups in total. The van der Waals surface area contributed by atoms with Gasteiger partial charge in [-0.25, -0.2) is 4.79 Å². The summed E-state index contributed by atoms with van der Waals surface area (Å²) in [5.74, 6) is -0.424. The largest absolute Gasteiger partial charge is 0.458 e. The summed E-state index contributed by atoms with van der Waals surface area (Å²) in [4.78, 5) is 29.2. The van der Waals surface area contributed by atoms with Gasteiger partial charge < -0.3 is 15.0 Å². The lowest BCUT2D eigenvalue weighted by molar-refractivity contribution is -0.159. The van der Waals surface area contributed by atoms with Gasteiger partial charge in [-0.05, 0) is 62.9 Å². The first kappa shape index (κ1) is 27.0. The Morgan fingerprint density at radius 3 is 1.72 bits per heavy atom. The quantitative estimate of drug-likeness (QED) is 0.342. The Kier molecular flexibility index (Phi) is 9.29. The van der Waals surface area contributed by atoms with E-state index in [0.29, 0.717) is 12.8 Å². The summed E-state index contributed by atoms with van der Waals surface area (Å²) in [6, 6.07) is 28.4. The lowest BCUT2D eigenvalue weighted by Gasteiger charge is -2.34. The number of amides is 1. The van der Waals surface area contributed by atoms with Crippen molar-refractivity contribution in [1.29, 1.82) is 0 Å². The maximum absolute atomic E-state index is 14.0. The summed E-state index contributed by atoms with van der Waals surface area (Å²) in [7, 11) is 0. The Morgan fingerprint density at radius 1 is 0.806 bits per heavy atom. The van der Waals surface area contributed by atoms with E-state index >= 15 is 0 Å². The summed E-state index contributed by atoms with van der Waals surface area (Å²) < 4.78 is 5.66. The molecule has 0 heterocycles. The van der Waals surface area contributed by atoms with E-state index in [4.69, 9.17) is 4.74 Å². The number of para-hydroxylation sites is 2. The molecule has 3 aromatic carbocycles. The molecular formula is C31H38N2O3. The van der Waals surface area contributed by atoms with Crippen molar-refractivity contribution in [2.45, 2.75) is 65.1 Å². The number of rotatable bonds is 10. The van der Waals surface area contributed by atoms with Gasteiger partial charge in [0.05, 0.1) is 0 Å². The average Bonchev–Trinajstić information content (AvgIpc) is 2.84. The predicted octanol–water partition coefficient (Wildman–Crippen LogP) is 6.31. The fourth-order valence-electron chi connectivity index (χ4n) is 4.15. The molecular weight excluding hydrogens is 447 g/mol. The van der Waals surface area contributed by atoms with Crippen LogP contribution in [0.1, 0.15) is 46.6 Å². The van der Waals surface area contributed by atoms with E-state index in [1.54, 1.807) is 0 Å². The Balaban J connectivity index is 2.01. The van der Waals surface area contributed by atoms with Gasteiger partial charge in [0, 0.05) is 17.8 Å². The van der Waals surface area contributed by atoms with E-state index in [2.05, 4.69) is 5.32 Å². The molecule has 5 nitrogen and oxygen atoms in total. The van der Waals surface area contributed by atoms with Crippen LogP contribution < -0.4 is 10.2 Å². The third kappa shape index (κ3) is 7.98. The predicted molar refractivity (Wildman–Crippen MR) is 146 cm³/mol. The van der Waals surface area contributed by atoms with Gasteiger partial charge >= 0.3 is 5.97 Å². The van der Waals surface area contributed by atoms with Gasteiger partial charge in [-0.2, -0.15) is 0 Å². The molecule has 0 aliphatic carbocycles. The zero-order valence-corrected chi connectivity index (χ0v) is 22.0. The summed E-state index contributed by atoms with van der Waals surface area (Å²) in [6.07, 6.45) is 0.967. The van der Waals surface area contributed by atoms with Crippen LogP contribution in [-0.2, 0) is 20.7 Å². The summed E-state index contributed by atoms with van der Waals surface area (Å²) in [6.45, 7) is 9.58. The van der Waals surface area contributed by atoms with E-state index in [1.165, 1.54) is 0 Å². The Labute approximate surface area is 215 Å². The topological polar surface area (TPSA) is 58.6 Å². The standard InChI is InChI=1S/C31H38N2O3/c1-23(2)21-27(30(35)36-31(3,4)5)32-29(34)28(22-24-15-9-6-10-16-24)33(25-17-11-7-12-18-25)26-19-13-8-14-20-26/h6-20,23,27-28H,21-22H2,1-5H3,(H,32,34)/t27-,28-/m1/s1/i22-1. The Morgan fingerprint density at radius 2 is 1.28 bits per heavy atom. The smallest absolute Gasteiger partial charge is 0.329 e. The number of benzene rings is 3. The highest BCUT2D eigenvalue weighted by Crippen LogP contribution is 2.29. The second kappa shape index (κ2) is 12.4. The molecule has 1 amide bonds. The lowest BCUT2D eigenvalue weighted by Crippen LogP contribution is -2.52. The third-order valence-electron chi connectivity index (χ3n) is 5.67. The molecule has 0 aliphatic rings. The summed E-state index contributed by atoms with van der Waals surface area (Å²) in [5.41, 5.74) is 2.20. The molecule has 0 aromatic heterocycles. The number of carbonyl (C=O) groups is 2. The van der Waals surface area contributed by atoms with Crippen molar-refractivity contribution in [2.75, 3.05) is 4.90 Å². The molecule has 3 aromatic rings. The second-order valence-corrected chi connectivity index (χ2v) is 10.5. The van der Waals surface area contributed by atoms with Crippen molar-refractivity contribution >= 4 is 23.3 Å². The minimum atomic E-state index is -0.733. The van der Waals surface area contributed by atoms with Crippen molar-refractivity contribution in [3.05, 3.63) is 96.6 Å². The second-order valence-electron chi connectivity index (χ2n) is 10.5. The molecule has 2 atom stereocenters. The molecule has 0 fully saturated rings. The van der Waals surface area contributed by atoms with Crippen molar-refractivity contribution in [2.24, 2.45) is 5.92 Å². The lowest BCUT2D eigenvalue weighted by atomic mass is 9.71. The third-order valence-corrected chi connectivity index (χ3v) is 5.67. The molecule has 36 heavy (non-hydrogen) atoms. The van der Waals surface area contributed by atoms with Gasteiger partial charge in [0.1, 0.15) is 17.7 Å². The first-order valence-electron chi connectivity index (χ1n) is 12.6. The summed E-state index contributed by atoms with van der Waals surface area (Å²) in [5, 5.41) is 3.06. The molecule has 0 aliphatic heterocycles. The fourth-order valence-corrected chi connectivity index (χ4v) is 4.15. The minimum absolute atomic E-state index is 0.203. The number of hydrogen-bond donors (Lipinski definition) is 1. The van der Waals surface area contributed by atoms with Crippen LogP contribution in [0.3, 0.4) is 0 Å². The zero-order valence-electron chi connectivity index (χ0n) is 22.0. The van der Waals surface area contributed by atoms with Crippen LogP contribution in [0.15, 0.2) is 91.0 Å². The van der Waals surface area contributed by atoms with Crippen molar-refractivity contribution in [3.8, 4) is 0 Å². The van der Waals surface area contributed by atoms with Crippen LogP contribution in [0.2, 0.25) is 0 Å². The molecule has 0 bridgehead atoms. The van der Waals surface area contributed by atoms with Crippen molar-refractivity contribution in [1.82, 2.24) is 5.32 Å². The molecule has 0 spiro atoms. The fraction of sp³-hybridized carbons (Fsp3) is 0.355. The van der Waals surface area contributed by atoms with Crippen LogP contribution in [0.25, 0.3) is 0 Å². The molecule has 3 rings (SSSR count). The van der Waals surface area contributed by atoms with E-state index in [-0.39, 0.29) is 11.8 Å². The highest BCUT2D eigenvalue weighted by Gasteiger charge is 2.33. The normalized spacial score (nSPS) is 13.1. The SMILES string of the molecule is CC(C)C[C@@H](NC(=O)[C@@H]([11CH2]c1ccccc1)N(c1ccccc1)c1ccccc1)C(=O)OC(C)(C)C. The van der Waals surface area contributed by atoms with E-state index in [1.807, 2.05) is 131 Å². The van der Waals surface area contributed by atoms with E-state index in [9.17, 15) is 9.59 Å². The number of ether oxygens (including phenoxy) is 1. The van der Waals surface area contributed by atoms with Crippen molar-refractivity contribution < 1.29 is 14.3 Å².